The number of phenolic OH excluding ortho intramolecular Hbond substituents is 1. The number of carbonyl (C=O) groups is 2. The van der Waals surface area contributed by atoms with Crippen molar-refractivity contribution in [3.63, 3.8) is 0 Å². The quantitative estimate of drug-likeness (QED) is 0.461. The molecule has 0 aliphatic rings. The Labute approximate surface area is 158 Å². The molecule has 130 valence electrons. The first kappa shape index (κ1) is 18.8. The number of ether oxygens (including phenoxy) is 1. The molecule has 0 heterocycles. The lowest BCUT2D eigenvalue weighted by molar-refractivity contribution is -0.132. The highest BCUT2D eigenvalue weighted by Gasteiger charge is 2.15. The van der Waals surface area contributed by atoms with E-state index in [1.807, 2.05) is 22.6 Å². The Morgan fingerprint density at radius 2 is 1.92 bits per heavy atom. The largest absolute Gasteiger partial charge is 0.504 e. The van der Waals surface area contributed by atoms with E-state index in [1.54, 1.807) is 43.3 Å². The standard InChI is InChI=1S/C18H16INO5/c1-2-25-15-10-11(8-13(19)16(15)21)9-14(18(23)24)20-17(22)12-6-4-3-5-7-12/h3-10,21H,2H2,1H3,(H,20,22)(H,23,24). The highest BCUT2D eigenvalue weighted by atomic mass is 127. The van der Waals surface area contributed by atoms with Gasteiger partial charge in [-0.1, -0.05) is 18.2 Å². The van der Waals surface area contributed by atoms with Crippen LogP contribution in [0.15, 0.2) is 48.2 Å². The Balaban J connectivity index is 2.34. The first-order valence-corrected chi connectivity index (χ1v) is 8.47. The van der Waals surface area contributed by atoms with Crippen molar-refractivity contribution in [2.24, 2.45) is 0 Å². The number of nitrogens with one attached hydrogen (secondary N) is 1. The SMILES string of the molecule is CCOc1cc(C=C(NC(=O)c2ccccc2)C(=O)O)cc(I)c1O. The number of aromatic hydroxyl groups is 1. The van der Waals surface area contributed by atoms with Gasteiger partial charge in [-0.3, -0.25) is 4.79 Å². The summed E-state index contributed by atoms with van der Waals surface area (Å²) in [6.07, 6.45) is 1.31. The maximum Gasteiger partial charge on any atom is 0.352 e. The van der Waals surface area contributed by atoms with Crippen LogP contribution in [-0.2, 0) is 4.79 Å². The summed E-state index contributed by atoms with van der Waals surface area (Å²) in [7, 11) is 0. The summed E-state index contributed by atoms with van der Waals surface area (Å²) in [5, 5.41) is 21.7. The maximum absolute atomic E-state index is 12.2. The molecule has 25 heavy (non-hydrogen) atoms. The number of halogens is 1. The zero-order valence-corrected chi connectivity index (χ0v) is 15.5. The summed E-state index contributed by atoms with van der Waals surface area (Å²) in [6, 6.07) is 11.4. The molecule has 3 N–H and O–H groups in total. The van der Waals surface area contributed by atoms with Crippen molar-refractivity contribution in [3.8, 4) is 11.5 Å². The number of amides is 1. The van der Waals surface area contributed by atoms with Gasteiger partial charge >= 0.3 is 5.97 Å². The van der Waals surface area contributed by atoms with Gasteiger partial charge in [0.1, 0.15) is 5.70 Å². The van der Waals surface area contributed by atoms with Gasteiger partial charge in [0, 0.05) is 5.56 Å². The molecule has 0 aromatic heterocycles. The summed E-state index contributed by atoms with van der Waals surface area (Å²) < 4.78 is 5.84. The van der Waals surface area contributed by atoms with Crippen LogP contribution in [0.1, 0.15) is 22.8 Å². The molecule has 0 aliphatic heterocycles. The van der Waals surface area contributed by atoms with Gasteiger partial charge in [-0.15, -0.1) is 0 Å². The fourth-order valence-electron chi connectivity index (χ4n) is 2.04. The van der Waals surface area contributed by atoms with Crippen molar-refractivity contribution in [3.05, 3.63) is 62.9 Å². The van der Waals surface area contributed by atoms with Crippen LogP contribution >= 0.6 is 22.6 Å². The molecule has 6 nitrogen and oxygen atoms in total. The van der Waals surface area contributed by atoms with E-state index in [2.05, 4.69) is 5.32 Å². The topological polar surface area (TPSA) is 95.9 Å². The molecule has 0 atom stereocenters. The highest BCUT2D eigenvalue weighted by Crippen LogP contribution is 2.33. The summed E-state index contributed by atoms with van der Waals surface area (Å²) in [6.45, 7) is 2.13. The number of aliphatic carboxylic acids is 1. The summed E-state index contributed by atoms with van der Waals surface area (Å²) in [5.74, 6) is -1.55. The van der Waals surface area contributed by atoms with Crippen molar-refractivity contribution in [2.75, 3.05) is 6.61 Å². The fourth-order valence-corrected chi connectivity index (χ4v) is 2.67. The van der Waals surface area contributed by atoms with Gasteiger partial charge in [0.15, 0.2) is 11.5 Å². The molecular formula is C18H16INO5. The predicted molar refractivity (Wildman–Crippen MR) is 102 cm³/mol. The van der Waals surface area contributed by atoms with Gasteiger partial charge in [-0.2, -0.15) is 0 Å². The molecule has 0 radical (unpaired) electrons. The van der Waals surface area contributed by atoms with E-state index in [-0.39, 0.29) is 17.2 Å². The molecule has 7 heteroatoms. The minimum atomic E-state index is -1.27. The summed E-state index contributed by atoms with van der Waals surface area (Å²) >= 11 is 1.92. The third kappa shape index (κ3) is 4.96. The smallest absolute Gasteiger partial charge is 0.352 e. The Morgan fingerprint density at radius 3 is 2.52 bits per heavy atom. The van der Waals surface area contributed by atoms with Crippen LogP contribution in [0.3, 0.4) is 0 Å². The first-order chi connectivity index (χ1) is 11.9. The molecule has 0 saturated heterocycles. The minimum Gasteiger partial charge on any atom is -0.504 e. The van der Waals surface area contributed by atoms with Crippen LogP contribution < -0.4 is 10.1 Å². The van der Waals surface area contributed by atoms with Crippen LogP contribution in [0.5, 0.6) is 11.5 Å². The Bertz CT molecular complexity index is 818. The molecule has 0 bridgehead atoms. The van der Waals surface area contributed by atoms with Gasteiger partial charge in [-0.25, -0.2) is 4.79 Å². The van der Waals surface area contributed by atoms with E-state index < -0.39 is 11.9 Å². The molecule has 0 aliphatic carbocycles. The number of hydrogen-bond donors (Lipinski definition) is 3. The average Bonchev–Trinajstić information content (AvgIpc) is 2.59. The molecule has 0 spiro atoms. The Hall–Kier alpha value is -2.55. The third-order valence-electron chi connectivity index (χ3n) is 3.18. The normalized spacial score (nSPS) is 11.0. The minimum absolute atomic E-state index is 0.00945. The van der Waals surface area contributed by atoms with E-state index in [0.29, 0.717) is 21.3 Å². The Morgan fingerprint density at radius 1 is 1.24 bits per heavy atom. The molecule has 2 aromatic carbocycles. The highest BCUT2D eigenvalue weighted by molar-refractivity contribution is 14.1. The number of carboxylic acid groups (broad SMARTS) is 1. The van der Waals surface area contributed by atoms with Gasteiger partial charge in [0.25, 0.3) is 5.91 Å². The molecule has 1 amide bonds. The van der Waals surface area contributed by atoms with Crippen LogP contribution in [0.4, 0.5) is 0 Å². The molecule has 0 unspecified atom stereocenters. The molecule has 0 saturated carbocycles. The van der Waals surface area contributed by atoms with Crippen LogP contribution in [-0.4, -0.2) is 28.7 Å². The number of benzene rings is 2. The maximum atomic E-state index is 12.2. The molecule has 2 aromatic rings. The monoisotopic (exact) mass is 453 g/mol. The summed E-state index contributed by atoms with van der Waals surface area (Å²) in [5.41, 5.74) is 0.555. The summed E-state index contributed by atoms with van der Waals surface area (Å²) in [4.78, 5) is 23.6. The number of phenols is 1. The second-order valence-electron chi connectivity index (χ2n) is 4.97. The molecule has 2 rings (SSSR count). The van der Waals surface area contributed by atoms with Crippen molar-refractivity contribution in [2.45, 2.75) is 6.92 Å². The molecule has 0 fully saturated rings. The van der Waals surface area contributed by atoms with E-state index in [1.165, 1.54) is 12.1 Å². The molecular weight excluding hydrogens is 437 g/mol. The van der Waals surface area contributed by atoms with Crippen molar-refractivity contribution < 1.29 is 24.5 Å². The average molecular weight is 453 g/mol. The lowest BCUT2D eigenvalue weighted by Gasteiger charge is -2.10. The lowest BCUT2D eigenvalue weighted by Crippen LogP contribution is -2.27. The van der Waals surface area contributed by atoms with Gasteiger partial charge in [-0.05, 0) is 65.4 Å². The van der Waals surface area contributed by atoms with E-state index in [9.17, 15) is 19.8 Å². The van der Waals surface area contributed by atoms with E-state index in [4.69, 9.17) is 4.74 Å². The Kier molecular flexibility index (Phi) is 6.40. The van der Waals surface area contributed by atoms with E-state index >= 15 is 0 Å². The van der Waals surface area contributed by atoms with E-state index in [0.717, 1.165) is 0 Å². The van der Waals surface area contributed by atoms with Crippen molar-refractivity contribution in [1.29, 1.82) is 0 Å². The number of carboxylic acids is 1. The van der Waals surface area contributed by atoms with Crippen LogP contribution in [0, 0.1) is 3.57 Å². The number of carbonyl (C=O) groups excluding carboxylic acids is 1. The number of hydrogen-bond acceptors (Lipinski definition) is 4. The van der Waals surface area contributed by atoms with Gasteiger partial charge in [0.2, 0.25) is 0 Å². The number of rotatable bonds is 6. The zero-order chi connectivity index (χ0) is 18.4. The lowest BCUT2D eigenvalue weighted by atomic mass is 10.1. The van der Waals surface area contributed by atoms with Crippen molar-refractivity contribution >= 4 is 40.5 Å². The predicted octanol–water partition coefficient (Wildman–Crippen LogP) is 3.25. The van der Waals surface area contributed by atoms with Crippen LogP contribution in [0.2, 0.25) is 0 Å². The first-order valence-electron chi connectivity index (χ1n) is 7.39. The second-order valence-corrected chi connectivity index (χ2v) is 6.13. The van der Waals surface area contributed by atoms with Gasteiger partial charge in [0.05, 0.1) is 10.2 Å². The van der Waals surface area contributed by atoms with Crippen LogP contribution in [0.25, 0.3) is 6.08 Å². The second kappa shape index (κ2) is 8.52. The van der Waals surface area contributed by atoms with Crippen molar-refractivity contribution in [1.82, 2.24) is 5.32 Å². The van der Waals surface area contributed by atoms with Gasteiger partial charge < -0.3 is 20.3 Å². The third-order valence-corrected chi connectivity index (χ3v) is 4.00. The zero-order valence-electron chi connectivity index (χ0n) is 13.3. The fraction of sp³-hybridized carbons (Fsp3) is 0.111.